The summed E-state index contributed by atoms with van der Waals surface area (Å²) in [5.41, 5.74) is 4.03. The van der Waals surface area contributed by atoms with Crippen LogP contribution in [0.2, 0.25) is 0 Å². The van der Waals surface area contributed by atoms with E-state index in [0.717, 1.165) is 42.3 Å². The van der Waals surface area contributed by atoms with E-state index in [2.05, 4.69) is 20.2 Å². The van der Waals surface area contributed by atoms with Gasteiger partial charge in [0.2, 0.25) is 10.0 Å². The highest BCUT2D eigenvalue weighted by Crippen LogP contribution is 2.49. The number of nitrogens with zero attached hydrogens (tertiary/aromatic N) is 2. The van der Waals surface area contributed by atoms with Crippen molar-refractivity contribution in [2.45, 2.75) is 41.9 Å². The molecule has 2 N–H and O–H groups in total. The molecule has 11 nitrogen and oxygen atoms in total. The number of sulfone groups is 1. The summed E-state index contributed by atoms with van der Waals surface area (Å²) in [7, 11) is -5.62. The maximum absolute atomic E-state index is 13.1. The molecule has 0 bridgehead atoms. The van der Waals surface area contributed by atoms with Crippen molar-refractivity contribution in [2.24, 2.45) is 0 Å². The molecule has 6 rings (SSSR count). The molecule has 13 heteroatoms. The summed E-state index contributed by atoms with van der Waals surface area (Å²) in [4.78, 5) is 4.45. The Balaban J connectivity index is 1.02. The Hall–Kier alpha value is -4.72. The lowest BCUT2D eigenvalue weighted by Crippen LogP contribution is -2.28. The van der Waals surface area contributed by atoms with Crippen LogP contribution in [0, 0.1) is 0 Å². The molecule has 0 saturated heterocycles. The highest BCUT2D eigenvalue weighted by molar-refractivity contribution is 7.92. The van der Waals surface area contributed by atoms with Gasteiger partial charge in [0.25, 0.3) is 5.89 Å². The molecule has 1 heterocycles. The molecule has 0 aliphatic heterocycles. The van der Waals surface area contributed by atoms with Gasteiger partial charge < -0.3 is 19.3 Å². The van der Waals surface area contributed by atoms with Crippen molar-refractivity contribution in [3.8, 4) is 23.0 Å². The zero-order valence-corrected chi connectivity index (χ0v) is 28.9. The third-order valence-electron chi connectivity index (χ3n) is 8.44. The lowest BCUT2D eigenvalue weighted by molar-refractivity contribution is 0.308. The molecule has 1 fully saturated rings. The first-order chi connectivity index (χ1) is 23.5. The third kappa shape index (κ3) is 8.85. The van der Waals surface area contributed by atoms with E-state index in [1.807, 2.05) is 60.7 Å². The average molecular weight is 703 g/mol. The normalized spacial score (nSPS) is 13.9. The summed E-state index contributed by atoms with van der Waals surface area (Å²) in [6.45, 7) is 1.74. The van der Waals surface area contributed by atoms with Crippen LogP contribution in [0.5, 0.6) is 11.5 Å². The minimum absolute atomic E-state index is 0.0849. The number of hydrogen-bond donors (Lipinski definition) is 2. The monoisotopic (exact) mass is 702 g/mol. The molecular formula is C36H38N4O7S2. The quantitative estimate of drug-likeness (QED) is 0.126. The summed E-state index contributed by atoms with van der Waals surface area (Å²) in [5, 5.41) is 7.40. The highest BCUT2D eigenvalue weighted by atomic mass is 32.2. The van der Waals surface area contributed by atoms with Crippen molar-refractivity contribution in [1.29, 1.82) is 0 Å². The predicted octanol–water partition coefficient (Wildman–Crippen LogP) is 5.53. The van der Waals surface area contributed by atoms with Crippen LogP contribution >= 0.6 is 0 Å². The summed E-state index contributed by atoms with van der Waals surface area (Å²) in [6, 6.07) is 29.3. The summed E-state index contributed by atoms with van der Waals surface area (Å²) in [6.07, 6.45) is 3.80. The SMILES string of the molecule is COc1ccc(-c2nc(CS(=O)(=O)c3ccc(CCNCC4(c5ccc(OCc6ccccc6)c(NS(C)(=O)=O)c5)CC4)cc3)no2)cc1. The van der Waals surface area contributed by atoms with Crippen LogP contribution in [-0.2, 0) is 44.1 Å². The second kappa shape index (κ2) is 14.4. The first-order valence-electron chi connectivity index (χ1n) is 15.8. The Kier molecular flexibility index (Phi) is 10.0. The highest BCUT2D eigenvalue weighted by Gasteiger charge is 2.44. The molecule has 0 unspecified atom stereocenters. The number of methoxy groups -OCH3 is 1. The molecule has 49 heavy (non-hydrogen) atoms. The molecule has 1 saturated carbocycles. The minimum atomic E-state index is -3.69. The zero-order valence-electron chi connectivity index (χ0n) is 27.3. The maximum atomic E-state index is 13.1. The number of anilines is 1. The predicted molar refractivity (Wildman–Crippen MR) is 187 cm³/mol. The van der Waals surface area contributed by atoms with Crippen LogP contribution in [-0.4, -0.2) is 53.4 Å². The van der Waals surface area contributed by atoms with Crippen molar-refractivity contribution in [2.75, 3.05) is 31.2 Å². The van der Waals surface area contributed by atoms with Crippen LogP contribution in [0.25, 0.3) is 11.5 Å². The number of nitrogens with one attached hydrogen (secondary N) is 2. The zero-order chi connectivity index (χ0) is 34.5. The van der Waals surface area contributed by atoms with E-state index >= 15 is 0 Å². The smallest absolute Gasteiger partial charge is 0.257 e. The second-order valence-electron chi connectivity index (χ2n) is 12.2. The van der Waals surface area contributed by atoms with Gasteiger partial charge in [0, 0.05) is 17.5 Å². The number of benzene rings is 4. The molecule has 1 aliphatic rings. The lowest BCUT2D eigenvalue weighted by atomic mass is 9.95. The molecule has 0 radical (unpaired) electrons. The van der Waals surface area contributed by atoms with E-state index in [4.69, 9.17) is 14.0 Å². The van der Waals surface area contributed by atoms with Gasteiger partial charge in [0.05, 0.1) is 23.9 Å². The molecule has 0 amide bonds. The first-order valence-corrected chi connectivity index (χ1v) is 19.3. The van der Waals surface area contributed by atoms with E-state index in [1.165, 1.54) is 0 Å². The Bertz CT molecular complexity index is 2100. The fourth-order valence-electron chi connectivity index (χ4n) is 5.56. The van der Waals surface area contributed by atoms with Gasteiger partial charge in [0.1, 0.15) is 23.9 Å². The number of aromatic nitrogens is 2. The Labute approximate surface area is 286 Å². The number of ether oxygens (including phenoxy) is 2. The average Bonchev–Trinajstić information content (AvgIpc) is 3.75. The lowest BCUT2D eigenvalue weighted by Gasteiger charge is -2.20. The van der Waals surface area contributed by atoms with Crippen LogP contribution in [0.3, 0.4) is 0 Å². The van der Waals surface area contributed by atoms with E-state index in [9.17, 15) is 16.8 Å². The third-order valence-corrected chi connectivity index (χ3v) is 10.7. The molecule has 1 aliphatic carbocycles. The van der Waals surface area contributed by atoms with Gasteiger partial charge >= 0.3 is 0 Å². The van der Waals surface area contributed by atoms with E-state index in [1.54, 1.807) is 43.5 Å². The van der Waals surface area contributed by atoms with E-state index < -0.39 is 19.9 Å². The summed E-state index contributed by atoms with van der Waals surface area (Å²) >= 11 is 0. The van der Waals surface area contributed by atoms with Crippen LogP contribution in [0.15, 0.2) is 106 Å². The number of hydrogen-bond acceptors (Lipinski definition) is 10. The maximum Gasteiger partial charge on any atom is 0.257 e. The fraction of sp³-hybridized carbons (Fsp3) is 0.278. The Morgan fingerprint density at radius 1 is 0.878 bits per heavy atom. The van der Waals surface area contributed by atoms with E-state index in [-0.39, 0.29) is 27.8 Å². The first kappa shape index (κ1) is 34.2. The van der Waals surface area contributed by atoms with Crippen LogP contribution in [0.1, 0.15) is 35.4 Å². The van der Waals surface area contributed by atoms with Gasteiger partial charge in [-0.1, -0.05) is 53.7 Å². The van der Waals surface area contributed by atoms with Gasteiger partial charge in [-0.25, -0.2) is 16.8 Å². The van der Waals surface area contributed by atoms with Gasteiger partial charge in [-0.05, 0) is 91.0 Å². The van der Waals surface area contributed by atoms with Crippen LogP contribution < -0.4 is 19.5 Å². The summed E-state index contributed by atoms with van der Waals surface area (Å²) < 4.78 is 69.5. The second-order valence-corrected chi connectivity index (χ2v) is 16.0. The molecule has 1 aromatic heterocycles. The van der Waals surface area contributed by atoms with Crippen molar-refractivity contribution in [3.63, 3.8) is 0 Å². The molecular weight excluding hydrogens is 665 g/mol. The van der Waals surface area contributed by atoms with Gasteiger partial charge in [-0.3, -0.25) is 4.72 Å². The number of rotatable bonds is 16. The van der Waals surface area contributed by atoms with Gasteiger partial charge in [-0.15, -0.1) is 0 Å². The van der Waals surface area contributed by atoms with Crippen molar-refractivity contribution < 1.29 is 30.8 Å². The minimum Gasteiger partial charge on any atom is -0.497 e. The van der Waals surface area contributed by atoms with Crippen LogP contribution in [0.4, 0.5) is 5.69 Å². The molecule has 0 spiro atoms. The largest absolute Gasteiger partial charge is 0.497 e. The van der Waals surface area contributed by atoms with Crippen molar-refractivity contribution >= 4 is 25.5 Å². The Morgan fingerprint density at radius 3 is 2.29 bits per heavy atom. The van der Waals surface area contributed by atoms with E-state index in [0.29, 0.717) is 42.3 Å². The topological polar surface area (TPSA) is 150 Å². The molecule has 5 aromatic rings. The standard InChI is InChI=1S/C36H38N4O7S2/c1-45-30-13-10-28(11-14-30)35-38-34(39-47-35)24-49(43,44)31-15-8-26(9-16-31)18-21-37-25-36(19-20-36)29-12-17-33(32(22-29)40-48(2,41)42)46-23-27-6-4-3-5-7-27/h3-17,22,37,40H,18-21,23-25H2,1-2H3. The molecule has 0 atom stereocenters. The summed E-state index contributed by atoms with van der Waals surface area (Å²) in [5.74, 6) is 1.10. The van der Waals surface area contributed by atoms with Gasteiger partial charge in [-0.2, -0.15) is 4.98 Å². The van der Waals surface area contributed by atoms with Gasteiger partial charge in [0.15, 0.2) is 15.7 Å². The number of sulfonamides is 1. The van der Waals surface area contributed by atoms with Crippen molar-refractivity contribution in [3.05, 3.63) is 120 Å². The van der Waals surface area contributed by atoms with Crippen molar-refractivity contribution in [1.82, 2.24) is 15.5 Å². The fourth-order valence-corrected chi connectivity index (χ4v) is 7.29. The molecule has 256 valence electrons. The Morgan fingerprint density at radius 2 is 1.61 bits per heavy atom. The molecule has 4 aromatic carbocycles.